The number of nitrogens with zero attached hydrogens (tertiary/aromatic N) is 4. The lowest BCUT2D eigenvalue weighted by Crippen LogP contribution is -2.35. The number of halogens is 1. The number of rotatable bonds is 4. The van der Waals surface area contributed by atoms with E-state index >= 15 is 0 Å². The molecule has 1 heterocycles. The Balaban J connectivity index is 0.00000220. The minimum absolute atomic E-state index is 0. The van der Waals surface area contributed by atoms with E-state index in [0.29, 0.717) is 12.6 Å². The minimum Gasteiger partial charge on any atom is -0.474 e. The smallest absolute Gasteiger partial charge is 0.213 e. The second kappa shape index (κ2) is 8.41. The summed E-state index contributed by atoms with van der Waals surface area (Å²) in [6.07, 6.45) is 5.72. The summed E-state index contributed by atoms with van der Waals surface area (Å²) in [6, 6.07) is 3.98. The lowest BCUT2D eigenvalue weighted by Gasteiger charge is -2.25. The van der Waals surface area contributed by atoms with Crippen molar-refractivity contribution in [3.63, 3.8) is 0 Å². The van der Waals surface area contributed by atoms with Crippen molar-refractivity contribution in [3.05, 3.63) is 23.9 Å². The van der Waals surface area contributed by atoms with E-state index in [9.17, 15) is 0 Å². The molecule has 0 bridgehead atoms. The molecule has 0 radical (unpaired) electrons. The van der Waals surface area contributed by atoms with Gasteiger partial charge in [0.25, 0.3) is 0 Å². The first kappa shape index (κ1) is 18.0. The van der Waals surface area contributed by atoms with E-state index in [-0.39, 0.29) is 24.0 Å². The van der Waals surface area contributed by atoms with Crippen molar-refractivity contribution in [3.8, 4) is 5.88 Å². The molecule has 1 fully saturated rings. The van der Waals surface area contributed by atoms with Gasteiger partial charge in [-0.1, -0.05) is 0 Å². The molecule has 0 aliphatic heterocycles. The first-order valence-corrected chi connectivity index (χ1v) is 7.07. The number of aliphatic imine (C=N–C) groups is 1. The Kier molecular flexibility index (Phi) is 7.21. The molecule has 1 saturated carbocycles. The third-order valence-electron chi connectivity index (χ3n) is 3.34. The Morgan fingerprint density at radius 3 is 2.48 bits per heavy atom. The van der Waals surface area contributed by atoms with Crippen LogP contribution in [0.25, 0.3) is 0 Å². The van der Waals surface area contributed by atoms with Crippen molar-refractivity contribution in [1.29, 1.82) is 0 Å². The number of hydrogen-bond donors (Lipinski definition) is 0. The molecule has 0 amide bonds. The number of ether oxygens (including phenoxy) is 1. The highest BCUT2D eigenvalue weighted by atomic mass is 127. The van der Waals surface area contributed by atoms with Gasteiger partial charge in [-0.05, 0) is 30.9 Å². The van der Waals surface area contributed by atoms with Crippen molar-refractivity contribution in [2.75, 3.05) is 28.2 Å². The van der Waals surface area contributed by atoms with Gasteiger partial charge in [0.15, 0.2) is 5.96 Å². The van der Waals surface area contributed by atoms with Crippen molar-refractivity contribution >= 4 is 29.9 Å². The quantitative estimate of drug-likeness (QED) is 0.440. The van der Waals surface area contributed by atoms with Crippen LogP contribution in [-0.2, 0) is 6.54 Å². The van der Waals surface area contributed by atoms with Gasteiger partial charge < -0.3 is 14.5 Å². The van der Waals surface area contributed by atoms with Gasteiger partial charge in [0.1, 0.15) is 6.10 Å². The normalized spacial score (nSPS) is 13.7. The molecular weight excluding hydrogens is 379 g/mol. The standard InChI is InChI=1S/C15H24N4O.HI/c1-18(2)15(19(3)4)17-11-12-8-9-16-14(10-12)20-13-6-5-7-13;/h8-10,13H,5-7,11H2,1-4H3;1H. The number of pyridine rings is 1. The van der Waals surface area contributed by atoms with Crippen LogP contribution in [0.4, 0.5) is 0 Å². The SMILES string of the molecule is CN(C)C(=NCc1ccnc(OC2CCC2)c1)N(C)C.I. The molecule has 0 atom stereocenters. The van der Waals surface area contributed by atoms with Crippen molar-refractivity contribution in [2.45, 2.75) is 31.9 Å². The summed E-state index contributed by atoms with van der Waals surface area (Å²) < 4.78 is 5.81. The van der Waals surface area contributed by atoms with Crippen LogP contribution >= 0.6 is 24.0 Å². The van der Waals surface area contributed by atoms with Crippen LogP contribution in [0, 0.1) is 0 Å². The van der Waals surface area contributed by atoms with Crippen molar-refractivity contribution < 1.29 is 4.74 Å². The molecule has 0 N–H and O–H groups in total. The molecule has 0 spiro atoms. The maximum absolute atomic E-state index is 5.81. The molecule has 6 heteroatoms. The zero-order chi connectivity index (χ0) is 14.5. The lowest BCUT2D eigenvalue weighted by atomic mass is 9.96. The van der Waals surface area contributed by atoms with Gasteiger partial charge in [0.05, 0.1) is 6.54 Å². The number of aromatic nitrogens is 1. The van der Waals surface area contributed by atoms with E-state index in [1.165, 1.54) is 6.42 Å². The zero-order valence-corrected chi connectivity index (χ0v) is 15.6. The van der Waals surface area contributed by atoms with E-state index in [4.69, 9.17) is 4.74 Å². The molecule has 118 valence electrons. The Morgan fingerprint density at radius 1 is 1.29 bits per heavy atom. The molecule has 2 rings (SSSR count). The molecule has 1 aromatic rings. The second-order valence-electron chi connectivity index (χ2n) is 5.58. The molecular formula is C15H25IN4O. The molecule has 21 heavy (non-hydrogen) atoms. The van der Waals surface area contributed by atoms with Gasteiger partial charge in [-0.2, -0.15) is 0 Å². The van der Waals surface area contributed by atoms with Crippen LogP contribution in [0.2, 0.25) is 0 Å². The summed E-state index contributed by atoms with van der Waals surface area (Å²) in [4.78, 5) is 12.9. The van der Waals surface area contributed by atoms with Gasteiger partial charge in [0, 0.05) is 40.5 Å². The van der Waals surface area contributed by atoms with Crippen molar-refractivity contribution in [1.82, 2.24) is 14.8 Å². The van der Waals surface area contributed by atoms with E-state index in [0.717, 1.165) is 30.2 Å². The average molecular weight is 404 g/mol. The largest absolute Gasteiger partial charge is 0.474 e. The monoisotopic (exact) mass is 404 g/mol. The minimum atomic E-state index is 0. The molecule has 0 saturated heterocycles. The first-order chi connectivity index (χ1) is 9.56. The molecule has 5 nitrogen and oxygen atoms in total. The number of guanidine groups is 1. The lowest BCUT2D eigenvalue weighted by molar-refractivity contribution is 0.114. The van der Waals surface area contributed by atoms with Crippen LogP contribution in [0.5, 0.6) is 5.88 Å². The fraction of sp³-hybridized carbons (Fsp3) is 0.600. The van der Waals surface area contributed by atoms with Crippen LogP contribution < -0.4 is 4.74 Å². The Morgan fingerprint density at radius 2 is 1.95 bits per heavy atom. The van der Waals surface area contributed by atoms with Crippen LogP contribution in [0.1, 0.15) is 24.8 Å². The third kappa shape index (κ3) is 5.33. The molecule has 1 aliphatic carbocycles. The molecule has 0 aromatic carbocycles. The topological polar surface area (TPSA) is 41.0 Å². The maximum atomic E-state index is 5.81. The number of hydrogen-bond acceptors (Lipinski definition) is 3. The predicted molar refractivity (Wildman–Crippen MR) is 96.4 cm³/mol. The Hall–Kier alpha value is -1.05. The molecule has 1 aromatic heterocycles. The van der Waals surface area contributed by atoms with Gasteiger partial charge in [0.2, 0.25) is 5.88 Å². The van der Waals surface area contributed by atoms with Gasteiger partial charge in [-0.3, -0.25) is 0 Å². The first-order valence-electron chi connectivity index (χ1n) is 7.07. The third-order valence-corrected chi connectivity index (χ3v) is 3.34. The summed E-state index contributed by atoms with van der Waals surface area (Å²) in [5.74, 6) is 1.67. The summed E-state index contributed by atoms with van der Waals surface area (Å²) in [6.45, 7) is 0.634. The van der Waals surface area contributed by atoms with E-state index < -0.39 is 0 Å². The highest BCUT2D eigenvalue weighted by Gasteiger charge is 2.19. The fourth-order valence-corrected chi connectivity index (χ4v) is 2.12. The van der Waals surface area contributed by atoms with Crippen LogP contribution in [0.3, 0.4) is 0 Å². The van der Waals surface area contributed by atoms with Crippen molar-refractivity contribution in [2.24, 2.45) is 4.99 Å². The Labute approximate surface area is 144 Å². The summed E-state index contributed by atoms with van der Waals surface area (Å²) in [5.41, 5.74) is 1.12. The zero-order valence-electron chi connectivity index (χ0n) is 13.2. The highest BCUT2D eigenvalue weighted by Crippen LogP contribution is 2.24. The molecule has 0 unspecified atom stereocenters. The Bertz CT molecular complexity index is 462. The summed E-state index contributed by atoms with van der Waals surface area (Å²) >= 11 is 0. The average Bonchev–Trinajstić information content (AvgIpc) is 2.34. The summed E-state index contributed by atoms with van der Waals surface area (Å²) in [7, 11) is 7.99. The van der Waals surface area contributed by atoms with Gasteiger partial charge in [-0.15, -0.1) is 24.0 Å². The van der Waals surface area contributed by atoms with Crippen LogP contribution in [0.15, 0.2) is 23.3 Å². The van der Waals surface area contributed by atoms with E-state index in [1.807, 2.05) is 50.1 Å². The van der Waals surface area contributed by atoms with Crippen LogP contribution in [-0.4, -0.2) is 55.0 Å². The fourth-order valence-electron chi connectivity index (χ4n) is 2.12. The van der Waals surface area contributed by atoms with Gasteiger partial charge >= 0.3 is 0 Å². The maximum Gasteiger partial charge on any atom is 0.213 e. The highest BCUT2D eigenvalue weighted by molar-refractivity contribution is 14.0. The second-order valence-corrected chi connectivity index (χ2v) is 5.58. The predicted octanol–water partition coefficient (Wildman–Crippen LogP) is 2.61. The van der Waals surface area contributed by atoms with Gasteiger partial charge in [-0.25, -0.2) is 9.98 Å². The van der Waals surface area contributed by atoms with E-state index in [2.05, 4.69) is 9.98 Å². The summed E-state index contributed by atoms with van der Waals surface area (Å²) in [5, 5.41) is 0. The molecule has 1 aliphatic rings. The van der Waals surface area contributed by atoms with E-state index in [1.54, 1.807) is 6.20 Å².